The molecule has 0 bridgehead atoms. The lowest BCUT2D eigenvalue weighted by Crippen LogP contribution is -2.21. The molecule has 6 nitrogen and oxygen atoms in total. The maximum absolute atomic E-state index is 11.3. The highest BCUT2D eigenvalue weighted by molar-refractivity contribution is 5.44. The molecule has 2 saturated carbocycles. The van der Waals surface area contributed by atoms with E-state index >= 15 is 0 Å². The van der Waals surface area contributed by atoms with Gasteiger partial charge >= 0.3 is 5.82 Å². The van der Waals surface area contributed by atoms with Crippen LogP contribution in [0, 0.1) is 23.0 Å². The molecule has 19 heavy (non-hydrogen) atoms. The van der Waals surface area contributed by atoms with E-state index in [0.717, 1.165) is 19.3 Å². The Morgan fingerprint density at radius 1 is 1.37 bits per heavy atom. The van der Waals surface area contributed by atoms with Gasteiger partial charge in [-0.15, -0.1) is 4.68 Å². The summed E-state index contributed by atoms with van der Waals surface area (Å²) in [4.78, 5) is 10.9. The maximum Gasteiger partial charge on any atom is 0.388 e. The Morgan fingerprint density at radius 2 is 2.05 bits per heavy atom. The third kappa shape index (κ3) is 2.19. The molecule has 0 N–H and O–H groups in total. The summed E-state index contributed by atoms with van der Waals surface area (Å²) in [5, 5.41) is 15.6. The molecule has 2 aliphatic carbocycles. The van der Waals surface area contributed by atoms with Crippen LogP contribution in [0.5, 0.6) is 5.75 Å². The van der Waals surface area contributed by atoms with Crippen molar-refractivity contribution >= 4 is 5.82 Å². The van der Waals surface area contributed by atoms with Crippen molar-refractivity contribution in [3.05, 3.63) is 15.8 Å². The summed E-state index contributed by atoms with van der Waals surface area (Å²) in [5.41, 5.74) is 0.637. The second-order valence-corrected chi connectivity index (χ2v) is 5.63. The minimum atomic E-state index is -0.353. The van der Waals surface area contributed by atoms with Crippen LogP contribution in [0.4, 0.5) is 5.82 Å². The summed E-state index contributed by atoms with van der Waals surface area (Å²) >= 11 is 0. The molecular weight excluding hydrogens is 246 g/mol. The Labute approximate surface area is 111 Å². The predicted octanol–water partition coefficient (Wildman–Crippen LogP) is 3.00. The number of aryl methyl sites for hydroxylation is 1. The number of hydrogen-bond donors (Lipinski definition) is 0. The SMILES string of the molecule is Cc1nn(C2CCC2)c([N+](=O)[O-])c1OCC1CCC1. The second-order valence-electron chi connectivity index (χ2n) is 5.63. The fourth-order valence-corrected chi connectivity index (χ4v) is 2.60. The smallest absolute Gasteiger partial charge is 0.388 e. The predicted molar refractivity (Wildman–Crippen MR) is 69.3 cm³/mol. The summed E-state index contributed by atoms with van der Waals surface area (Å²) < 4.78 is 7.27. The van der Waals surface area contributed by atoms with Crippen LogP contribution < -0.4 is 4.74 Å². The number of aromatic nitrogens is 2. The van der Waals surface area contributed by atoms with E-state index in [2.05, 4.69) is 5.10 Å². The highest BCUT2D eigenvalue weighted by Crippen LogP contribution is 2.40. The van der Waals surface area contributed by atoms with E-state index in [4.69, 9.17) is 4.74 Å². The Balaban J connectivity index is 1.83. The van der Waals surface area contributed by atoms with E-state index in [1.54, 1.807) is 11.6 Å². The molecule has 0 amide bonds. The van der Waals surface area contributed by atoms with Gasteiger partial charge in [0.2, 0.25) is 5.75 Å². The number of ether oxygens (including phenoxy) is 1. The topological polar surface area (TPSA) is 70.2 Å². The zero-order chi connectivity index (χ0) is 13.4. The van der Waals surface area contributed by atoms with Gasteiger partial charge in [0.15, 0.2) is 0 Å². The molecule has 0 aromatic carbocycles. The van der Waals surface area contributed by atoms with Crippen LogP contribution in [0.3, 0.4) is 0 Å². The molecule has 104 valence electrons. The molecule has 0 saturated heterocycles. The molecule has 2 fully saturated rings. The zero-order valence-electron chi connectivity index (χ0n) is 11.2. The van der Waals surface area contributed by atoms with Crippen LogP contribution in [0.15, 0.2) is 0 Å². The van der Waals surface area contributed by atoms with Crippen LogP contribution in [0.2, 0.25) is 0 Å². The van der Waals surface area contributed by atoms with Crippen molar-refractivity contribution in [3.8, 4) is 5.75 Å². The lowest BCUT2D eigenvalue weighted by atomic mass is 9.86. The normalized spacial score (nSPS) is 19.8. The van der Waals surface area contributed by atoms with Crippen molar-refractivity contribution in [2.45, 2.75) is 51.5 Å². The van der Waals surface area contributed by atoms with E-state index in [1.165, 1.54) is 19.3 Å². The van der Waals surface area contributed by atoms with E-state index < -0.39 is 0 Å². The number of hydrogen-bond acceptors (Lipinski definition) is 4. The van der Waals surface area contributed by atoms with E-state index in [9.17, 15) is 10.1 Å². The second kappa shape index (κ2) is 4.83. The van der Waals surface area contributed by atoms with Crippen molar-refractivity contribution < 1.29 is 9.66 Å². The van der Waals surface area contributed by atoms with Gasteiger partial charge in [0, 0.05) is 0 Å². The molecule has 1 aromatic rings. The maximum atomic E-state index is 11.3. The first-order valence-electron chi connectivity index (χ1n) is 7.03. The first-order chi connectivity index (χ1) is 9.16. The molecule has 1 aromatic heterocycles. The number of rotatable bonds is 5. The van der Waals surface area contributed by atoms with Crippen molar-refractivity contribution in [2.75, 3.05) is 6.61 Å². The Hall–Kier alpha value is -1.59. The van der Waals surface area contributed by atoms with Crippen LogP contribution in [0.1, 0.15) is 50.3 Å². The van der Waals surface area contributed by atoms with Gasteiger partial charge in [0.25, 0.3) is 0 Å². The van der Waals surface area contributed by atoms with E-state index in [0.29, 0.717) is 24.0 Å². The van der Waals surface area contributed by atoms with Crippen molar-refractivity contribution in [1.29, 1.82) is 0 Å². The third-order valence-electron chi connectivity index (χ3n) is 4.29. The summed E-state index contributed by atoms with van der Waals surface area (Å²) in [6.07, 6.45) is 6.66. The van der Waals surface area contributed by atoms with Gasteiger partial charge in [-0.3, -0.25) is 0 Å². The van der Waals surface area contributed by atoms with E-state index in [-0.39, 0.29) is 16.8 Å². The van der Waals surface area contributed by atoms with Crippen molar-refractivity contribution in [2.24, 2.45) is 5.92 Å². The summed E-state index contributed by atoms with van der Waals surface area (Å²) in [6, 6.07) is 0.181. The lowest BCUT2D eigenvalue weighted by Gasteiger charge is -2.25. The molecule has 3 rings (SSSR count). The highest BCUT2D eigenvalue weighted by atomic mass is 16.6. The molecule has 0 aliphatic heterocycles. The van der Waals surface area contributed by atoms with Gasteiger partial charge in [-0.05, 0) is 49.9 Å². The molecule has 2 aliphatic rings. The molecular formula is C13H19N3O3. The van der Waals surface area contributed by atoms with Crippen LogP contribution >= 0.6 is 0 Å². The summed E-state index contributed by atoms with van der Waals surface area (Å²) in [6.45, 7) is 2.37. The van der Waals surface area contributed by atoms with Crippen LogP contribution in [0.25, 0.3) is 0 Å². The van der Waals surface area contributed by atoms with Gasteiger partial charge in [-0.1, -0.05) is 11.5 Å². The van der Waals surface area contributed by atoms with Gasteiger partial charge in [0.05, 0.1) is 6.61 Å². The number of nitrogens with zero attached hydrogens (tertiary/aromatic N) is 3. The zero-order valence-corrected chi connectivity index (χ0v) is 11.2. The highest BCUT2D eigenvalue weighted by Gasteiger charge is 2.35. The average Bonchev–Trinajstić information content (AvgIpc) is 2.51. The molecule has 6 heteroatoms. The largest absolute Gasteiger partial charge is 0.484 e. The molecule has 0 atom stereocenters. The van der Waals surface area contributed by atoms with E-state index in [1.807, 2.05) is 0 Å². The number of nitro groups is 1. The summed E-state index contributed by atoms with van der Waals surface area (Å²) in [5.74, 6) is 0.983. The van der Waals surface area contributed by atoms with Crippen LogP contribution in [-0.2, 0) is 0 Å². The minimum absolute atomic E-state index is 0.0431. The Bertz CT molecular complexity index is 490. The quantitative estimate of drug-likeness (QED) is 0.606. The Morgan fingerprint density at radius 3 is 2.53 bits per heavy atom. The van der Waals surface area contributed by atoms with Gasteiger partial charge in [0.1, 0.15) is 11.7 Å². The minimum Gasteiger partial charge on any atom is -0.484 e. The molecule has 0 unspecified atom stereocenters. The summed E-state index contributed by atoms with van der Waals surface area (Å²) in [7, 11) is 0. The lowest BCUT2D eigenvalue weighted by molar-refractivity contribution is -0.394. The fraction of sp³-hybridized carbons (Fsp3) is 0.769. The fourth-order valence-electron chi connectivity index (χ4n) is 2.60. The van der Waals surface area contributed by atoms with Crippen LogP contribution in [-0.4, -0.2) is 21.3 Å². The monoisotopic (exact) mass is 265 g/mol. The van der Waals surface area contributed by atoms with Crippen molar-refractivity contribution in [3.63, 3.8) is 0 Å². The van der Waals surface area contributed by atoms with Gasteiger partial charge in [-0.25, -0.2) is 0 Å². The van der Waals surface area contributed by atoms with Crippen molar-refractivity contribution in [1.82, 2.24) is 9.78 Å². The third-order valence-corrected chi connectivity index (χ3v) is 4.29. The average molecular weight is 265 g/mol. The molecule has 0 radical (unpaired) electrons. The molecule has 0 spiro atoms. The van der Waals surface area contributed by atoms with Gasteiger partial charge in [-0.2, -0.15) is 0 Å². The standard InChI is InChI=1S/C13H19N3O3/c1-9-12(19-8-10-4-2-5-10)13(16(17)18)15(14-9)11-6-3-7-11/h10-11H,2-8H2,1H3. The Kier molecular flexibility index (Phi) is 3.16. The van der Waals surface area contributed by atoms with Gasteiger partial charge < -0.3 is 14.9 Å². The first kappa shape index (κ1) is 12.4. The molecule has 1 heterocycles. The first-order valence-corrected chi connectivity index (χ1v) is 7.03.